The van der Waals surface area contributed by atoms with Crippen molar-refractivity contribution in [3.8, 4) is 0 Å². The summed E-state index contributed by atoms with van der Waals surface area (Å²) in [6.07, 6.45) is 0. The molecule has 0 aliphatic carbocycles. The van der Waals surface area contributed by atoms with Gasteiger partial charge in [-0.3, -0.25) is 0 Å². The molecule has 0 N–H and O–H groups in total. The fourth-order valence-corrected chi connectivity index (χ4v) is 0.560. The van der Waals surface area contributed by atoms with Gasteiger partial charge in [-0.05, 0) is 12.1 Å². The van der Waals surface area contributed by atoms with Crippen LogP contribution in [0.25, 0.3) is 0 Å². The summed E-state index contributed by atoms with van der Waals surface area (Å²) < 4.78 is 0. The molecule has 0 radical (unpaired) electrons. The molecule has 0 bridgehead atoms. The molecule has 0 atom stereocenters. The van der Waals surface area contributed by atoms with Gasteiger partial charge in [-0.25, -0.2) is 0 Å². The van der Waals surface area contributed by atoms with Crippen molar-refractivity contribution in [2.75, 3.05) is 0 Å². The van der Waals surface area contributed by atoms with Gasteiger partial charge in [0.05, 0.1) is 0 Å². The minimum atomic E-state index is -0.250. The molecule has 1 aromatic rings. The molecule has 0 saturated carbocycles. The average molecular weight is 338 g/mol. The Morgan fingerprint density at radius 3 is 1.70 bits per heavy atom. The maximum atomic E-state index is 5.54. The van der Waals surface area contributed by atoms with Gasteiger partial charge in [-0.15, -0.1) is 0 Å². The molecule has 0 nitrogen and oxygen atoms in total. The molecule has 1 aromatic carbocycles. The zero-order chi connectivity index (χ0) is 7.82. The van der Waals surface area contributed by atoms with Gasteiger partial charge in [-0.2, -0.15) is 0 Å². The molecule has 0 aliphatic heterocycles. The van der Waals surface area contributed by atoms with Crippen LogP contribution in [0.15, 0.2) is 30.3 Å². The molecule has 0 aliphatic rings. The first-order valence-electron chi connectivity index (χ1n) is 2.63. The van der Waals surface area contributed by atoms with Gasteiger partial charge >= 0.3 is 40.5 Å². The Kier molecular flexibility index (Phi) is 9.09. The molecule has 1 rings (SSSR count). The summed E-state index contributed by atoms with van der Waals surface area (Å²) in [5.41, 5.74) is 0. The van der Waals surface area contributed by atoms with Crippen LogP contribution >= 0.6 is 38.8 Å². The molecule has 10 heavy (non-hydrogen) atoms. The fourth-order valence-electron chi connectivity index (χ4n) is 0.415. The maximum absolute atomic E-state index is 5.54. The van der Waals surface area contributed by atoms with Crippen LogP contribution in [-0.2, 0) is 13.2 Å². The SMILES string of the molecule is Clc1ccccc1.[Br][Zn][Br]. The summed E-state index contributed by atoms with van der Waals surface area (Å²) in [6.45, 7) is 0. The van der Waals surface area contributed by atoms with Gasteiger partial charge in [0.15, 0.2) is 0 Å². The van der Waals surface area contributed by atoms with Crippen LogP contribution in [0.5, 0.6) is 0 Å². The summed E-state index contributed by atoms with van der Waals surface area (Å²) in [6, 6.07) is 9.44. The van der Waals surface area contributed by atoms with Gasteiger partial charge in [0.25, 0.3) is 0 Å². The summed E-state index contributed by atoms with van der Waals surface area (Å²) >= 11 is 11.8. The molecular weight excluding hydrogens is 333 g/mol. The molecule has 0 fully saturated rings. The van der Waals surface area contributed by atoms with Crippen LogP contribution in [-0.4, -0.2) is 0 Å². The molecule has 4 heteroatoms. The molecular formula is C6H5Br2ClZn. The zero-order valence-corrected chi connectivity index (χ0v) is 12.1. The van der Waals surface area contributed by atoms with Gasteiger partial charge in [0.2, 0.25) is 0 Å². The predicted molar refractivity (Wildman–Crippen MR) is 49.3 cm³/mol. The second-order valence-corrected chi connectivity index (χ2v) is 15.9. The van der Waals surface area contributed by atoms with E-state index < -0.39 is 0 Å². The van der Waals surface area contributed by atoms with E-state index in [0.29, 0.717) is 0 Å². The Balaban J connectivity index is 0.000000236. The van der Waals surface area contributed by atoms with E-state index in [1.807, 2.05) is 30.3 Å². The third kappa shape index (κ3) is 7.20. The third-order valence-electron chi connectivity index (χ3n) is 0.733. The molecule has 0 unspecified atom stereocenters. The van der Waals surface area contributed by atoms with Crippen molar-refractivity contribution in [1.82, 2.24) is 0 Å². The number of halogens is 3. The standard InChI is InChI=1S/C6H5Cl.2BrH.Zn/c7-6-4-2-1-3-5-6;;;/h1-5H;2*1H;/q;;;+2/p-2. The van der Waals surface area contributed by atoms with Crippen molar-refractivity contribution in [3.63, 3.8) is 0 Å². The summed E-state index contributed by atoms with van der Waals surface area (Å²) in [7, 11) is 0. The van der Waals surface area contributed by atoms with Crippen molar-refractivity contribution >= 4 is 38.8 Å². The Bertz CT molecular complexity index is 157. The van der Waals surface area contributed by atoms with E-state index in [2.05, 4.69) is 27.2 Å². The predicted octanol–water partition coefficient (Wildman–Crippen LogP) is 4.03. The summed E-state index contributed by atoms with van der Waals surface area (Å²) in [5.74, 6) is 0. The van der Waals surface area contributed by atoms with Crippen molar-refractivity contribution < 1.29 is 13.2 Å². The first kappa shape index (κ1) is 11.1. The van der Waals surface area contributed by atoms with Crippen LogP contribution in [0.1, 0.15) is 0 Å². The summed E-state index contributed by atoms with van der Waals surface area (Å²) in [5, 5.41) is 0.794. The van der Waals surface area contributed by atoms with Crippen LogP contribution in [0.2, 0.25) is 5.02 Å². The monoisotopic (exact) mass is 334 g/mol. The Hall–Kier alpha value is 1.09. The average Bonchev–Trinajstić information content (AvgIpc) is 1.91. The summed E-state index contributed by atoms with van der Waals surface area (Å²) in [4.78, 5) is 0. The van der Waals surface area contributed by atoms with Crippen LogP contribution in [0.4, 0.5) is 0 Å². The Labute approximate surface area is 86.7 Å². The van der Waals surface area contributed by atoms with E-state index in [1.54, 1.807) is 0 Å². The second kappa shape index (κ2) is 8.19. The number of hydrogen-bond donors (Lipinski definition) is 0. The topological polar surface area (TPSA) is 0 Å². The van der Waals surface area contributed by atoms with E-state index in [9.17, 15) is 0 Å². The van der Waals surface area contributed by atoms with Crippen LogP contribution in [0, 0.1) is 0 Å². The Morgan fingerprint density at radius 1 is 1.10 bits per heavy atom. The van der Waals surface area contributed by atoms with E-state index in [0.717, 1.165) is 5.02 Å². The molecule has 0 heterocycles. The second-order valence-electron chi connectivity index (χ2n) is 1.40. The first-order chi connectivity index (χ1) is 4.81. The van der Waals surface area contributed by atoms with Crippen LogP contribution in [0.3, 0.4) is 0 Å². The molecule has 0 spiro atoms. The van der Waals surface area contributed by atoms with Gasteiger partial charge < -0.3 is 0 Å². The van der Waals surface area contributed by atoms with Crippen LogP contribution < -0.4 is 0 Å². The van der Waals surface area contributed by atoms with Crippen molar-refractivity contribution in [1.29, 1.82) is 0 Å². The molecule has 52 valence electrons. The Morgan fingerprint density at radius 2 is 1.50 bits per heavy atom. The molecule has 0 amide bonds. The van der Waals surface area contributed by atoms with Gasteiger partial charge in [0, 0.05) is 5.02 Å². The number of rotatable bonds is 0. The normalized spacial score (nSPS) is 7.10. The number of hydrogen-bond acceptors (Lipinski definition) is 0. The first-order valence-corrected chi connectivity index (χ1v) is 16.9. The van der Waals surface area contributed by atoms with Crippen molar-refractivity contribution in [2.45, 2.75) is 0 Å². The number of benzene rings is 1. The fraction of sp³-hybridized carbons (Fsp3) is 0. The van der Waals surface area contributed by atoms with E-state index in [-0.39, 0.29) is 13.2 Å². The van der Waals surface area contributed by atoms with Gasteiger partial charge in [0.1, 0.15) is 0 Å². The van der Waals surface area contributed by atoms with Crippen molar-refractivity contribution in [2.24, 2.45) is 0 Å². The van der Waals surface area contributed by atoms with E-state index in [1.165, 1.54) is 0 Å². The van der Waals surface area contributed by atoms with E-state index in [4.69, 9.17) is 11.6 Å². The third-order valence-corrected chi connectivity index (χ3v) is 0.985. The van der Waals surface area contributed by atoms with Gasteiger partial charge in [-0.1, -0.05) is 29.8 Å². The van der Waals surface area contributed by atoms with E-state index >= 15 is 0 Å². The molecule has 0 aromatic heterocycles. The van der Waals surface area contributed by atoms with Crippen molar-refractivity contribution in [3.05, 3.63) is 35.4 Å². The quantitative estimate of drug-likeness (QED) is 0.627. The zero-order valence-electron chi connectivity index (χ0n) is 5.23. The minimum absolute atomic E-state index is 0.250. The molecule has 0 saturated heterocycles.